The molecular weight excluding hydrogens is 274 g/mol. The van der Waals surface area contributed by atoms with E-state index in [1.807, 2.05) is 24.3 Å². The van der Waals surface area contributed by atoms with Crippen LogP contribution >= 0.6 is 11.3 Å². The Hall–Kier alpha value is -2.40. The van der Waals surface area contributed by atoms with Gasteiger partial charge in [0.2, 0.25) is 0 Å². The van der Waals surface area contributed by atoms with Crippen molar-refractivity contribution in [2.75, 3.05) is 7.11 Å². The maximum absolute atomic E-state index is 10.5. The minimum atomic E-state index is -0.528. The van der Waals surface area contributed by atoms with Crippen LogP contribution in [0.2, 0.25) is 0 Å². The van der Waals surface area contributed by atoms with Crippen molar-refractivity contribution < 1.29 is 9.66 Å². The number of allylic oxidation sites excluding steroid dienone is 3. The number of nitrogens with zero attached hydrogens (tertiary/aromatic N) is 1. The number of hydrogen-bond donors (Lipinski definition) is 0. The van der Waals surface area contributed by atoms with Crippen LogP contribution in [0.1, 0.15) is 4.88 Å². The van der Waals surface area contributed by atoms with E-state index in [0.717, 1.165) is 20.7 Å². The second-order valence-electron chi connectivity index (χ2n) is 4.12. The van der Waals surface area contributed by atoms with Crippen molar-refractivity contribution in [3.05, 3.63) is 70.3 Å². The van der Waals surface area contributed by atoms with Crippen LogP contribution in [-0.4, -0.2) is 12.0 Å². The topological polar surface area (TPSA) is 52.4 Å². The molecule has 0 aliphatic rings. The first kappa shape index (κ1) is 14.0. The third-order valence-corrected chi connectivity index (χ3v) is 3.93. The third-order valence-electron chi connectivity index (χ3n) is 2.76. The van der Waals surface area contributed by atoms with Crippen molar-refractivity contribution in [3.8, 4) is 5.75 Å². The summed E-state index contributed by atoms with van der Waals surface area (Å²) < 4.78 is 6.27. The third kappa shape index (κ3) is 2.95. The molecule has 5 heteroatoms. The van der Waals surface area contributed by atoms with Gasteiger partial charge in [-0.25, -0.2) is 0 Å². The van der Waals surface area contributed by atoms with E-state index in [2.05, 4.69) is 13.2 Å². The largest absolute Gasteiger partial charge is 0.497 e. The van der Waals surface area contributed by atoms with Crippen molar-refractivity contribution in [2.45, 2.75) is 0 Å². The standard InChI is InChI=1S/C15H13NO3S/c1-10(4-5-11(2)16(17)18)14-8-12-6-7-13(19-3)9-15(12)20-14/h4-9H,1-2H2,3H3/b5-4-. The van der Waals surface area contributed by atoms with Gasteiger partial charge >= 0.3 is 0 Å². The van der Waals surface area contributed by atoms with E-state index < -0.39 is 4.92 Å². The molecule has 1 heterocycles. The lowest BCUT2D eigenvalue weighted by Crippen LogP contribution is -1.92. The summed E-state index contributed by atoms with van der Waals surface area (Å²) in [6, 6.07) is 7.82. The van der Waals surface area contributed by atoms with Gasteiger partial charge in [0.15, 0.2) is 0 Å². The lowest BCUT2D eigenvalue weighted by molar-refractivity contribution is -0.418. The summed E-state index contributed by atoms with van der Waals surface area (Å²) in [5.74, 6) is 0.800. The summed E-state index contributed by atoms with van der Waals surface area (Å²) in [7, 11) is 1.63. The normalized spacial score (nSPS) is 10.8. The van der Waals surface area contributed by atoms with E-state index in [1.54, 1.807) is 24.5 Å². The van der Waals surface area contributed by atoms with E-state index in [-0.39, 0.29) is 5.70 Å². The zero-order chi connectivity index (χ0) is 14.7. The van der Waals surface area contributed by atoms with Gasteiger partial charge in [-0.15, -0.1) is 11.3 Å². The molecule has 102 valence electrons. The maximum atomic E-state index is 10.5. The van der Waals surface area contributed by atoms with Crippen molar-refractivity contribution in [1.29, 1.82) is 0 Å². The van der Waals surface area contributed by atoms with Gasteiger partial charge in [0.25, 0.3) is 5.70 Å². The Morgan fingerprint density at radius 1 is 1.35 bits per heavy atom. The van der Waals surface area contributed by atoms with Crippen molar-refractivity contribution in [2.24, 2.45) is 0 Å². The Morgan fingerprint density at radius 3 is 2.75 bits per heavy atom. The van der Waals surface area contributed by atoms with E-state index >= 15 is 0 Å². The lowest BCUT2D eigenvalue weighted by Gasteiger charge is -1.97. The summed E-state index contributed by atoms with van der Waals surface area (Å²) in [5, 5.41) is 11.6. The fourth-order valence-corrected chi connectivity index (χ4v) is 2.68. The number of benzene rings is 1. The van der Waals surface area contributed by atoms with Crippen LogP contribution in [0.3, 0.4) is 0 Å². The minimum Gasteiger partial charge on any atom is -0.497 e. The summed E-state index contributed by atoms with van der Waals surface area (Å²) in [6.07, 6.45) is 2.96. The predicted octanol–water partition coefficient (Wildman–Crippen LogP) is 4.27. The number of fused-ring (bicyclic) bond motifs is 1. The molecule has 0 fully saturated rings. The fraction of sp³-hybridized carbons (Fsp3) is 0.0667. The first-order valence-corrected chi connectivity index (χ1v) is 6.61. The second kappa shape index (κ2) is 5.71. The maximum Gasteiger partial charge on any atom is 0.262 e. The monoisotopic (exact) mass is 287 g/mol. The highest BCUT2D eigenvalue weighted by molar-refractivity contribution is 7.20. The van der Waals surface area contributed by atoms with E-state index in [0.29, 0.717) is 5.57 Å². The summed E-state index contributed by atoms with van der Waals surface area (Å²) >= 11 is 1.56. The molecule has 0 aliphatic carbocycles. The van der Waals surface area contributed by atoms with Crippen LogP contribution in [0.5, 0.6) is 5.75 Å². The van der Waals surface area contributed by atoms with Crippen molar-refractivity contribution >= 4 is 27.0 Å². The zero-order valence-corrected chi connectivity index (χ0v) is 11.8. The molecule has 0 spiro atoms. The van der Waals surface area contributed by atoms with Crippen LogP contribution in [0, 0.1) is 10.1 Å². The van der Waals surface area contributed by atoms with Gasteiger partial charge in [0.1, 0.15) is 5.75 Å². The van der Waals surface area contributed by atoms with Gasteiger partial charge in [-0.2, -0.15) is 0 Å². The fourth-order valence-electron chi connectivity index (χ4n) is 1.64. The average molecular weight is 287 g/mol. The zero-order valence-electron chi connectivity index (χ0n) is 11.0. The van der Waals surface area contributed by atoms with Crippen LogP contribution in [0.25, 0.3) is 15.7 Å². The molecule has 0 aliphatic heterocycles. The molecule has 0 unspecified atom stereocenters. The summed E-state index contributed by atoms with van der Waals surface area (Å²) in [6.45, 7) is 7.27. The van der Waals surface area contributed by atoms with E-state index in [9.17, 15) is 10.1 Å². The molecule has 20 heavy (non-hydrogen) atoms. The second-order valence-corrected chi connectivity index (χ2v) is 5.21. The van der Waals surface area contributed by atoms with Crippen molar-refractivity contribution in [1.82, 2.24) is 0 Å². The number of nitro groups is 1. The Labute approximate surface area is 120 Å². The quantitative estimate of drug-likeness (QED) is 0.469. The molecule has 0 saturated carbocycles. The molecule has 0 bridgehead atoms. The van der Waals surface area contributed by atoms with Crippen LogP contribution in [0.4, 0.5) is 0 Å². The average Bonchev–Trinajstić information content (AvgIpc) is 2.86. The highest BCUT2D eigenvalue weighted by Crippen LogP contribution is 2.32. The molecule has 2 rings (SSSR count). The lowest BCUT2D eigenvalue weighted by atomic mass is 10.2. The molecule has 0 saturated heterocycles. The summed E-state index contributed by atoms with van der Waals surface area (Å²) in [5.41, 5.74) is 0.557. The smallest absolute Gasteiger partial charge is 0.262 e. The van der Waals surface area contributed by atoms with Gasteiger partial charge in [-0.1, -0.05) is 6.58 Å². The molecule has 0 radical (unpaired) electrons. The minimum absolute atomic E-state index is 0.158. The number of ether oxygens (including phenoxy) is 1. The van der Waals surface area contributed by atoms with E-state index in [4.69, 9.17) is 4.74 Å². The Bertz CT molecular complexity index is 728. The van der Waals surface area contributed by atoms with Crippen LogP contribution in [0.15, 0.2) is 55.3 Å². The molecule has 0 atom stereocenters. The molecule has 0 N–H and O–H groups in total. The van der Waals surface area contributed by atoms with Gasteiger partial charge in [-0.05, 0) is 47.9 Å². The van der Waals surface area contributed by atoms with Gasteiger partial charge < -0.3 is 4.74 Å². The molecule has 0 amide bonds. The SMILES string of the molecule is C=C(/C=C\C(=C)[N+](=O)[O-])c1cc2ccc(OC)cc2s1. The first-order chi connectivity index (χ1) is 9.51. The number of methoxy groups -OCH3 is 1. The van der Waals surface area contributed by atoms with Crippen molar-refractivity contribution in [3.63, 3.8) is 0 Å². The van der Waals surface area contributed by atoms with Gasteiger partial charge in [0.05, 0.1) is 12.0 Å². The Morgan fingerprint density at radius 2 is 2.10 bits per heavy atom. The molecule has 1 aromatic carbocycles. The molecule has 2 aromatic rings. The van der Waals surface area contributed by atoms with Crippen LogP contribution < -0.4 is 4.74 Å². The number of rotatable bonds is 5. The highest BCUT2D eigenvalue weighted by Gasteiger charge is 2.06. The number of hydrogen-bond acceptors (Lipinski definition) is 4. The highest BCUT2D eigenvalue weighted by atomic mass is 32.1. The number of thiophene rings is 1. The molecule has 1 aromatic heterocycles. The molecular formula is C15H13NO3S. The van der Waals surface area contributed by atoms with Crippen LogP contribution in [-0.2, 0) is 0 Å². The van der Waals surface area contributed by atoms with E-state index in [1.165, 1.54) is 6.08 Å². The molecule has 4 nitrogen and oxygen atoms in total. The van der Waals surface area contributed by atoms with Gasteiger partial charge in [-0.3, -0.25) is 10.1 Å². The Kier molecular flexibility index (Phi) is 4.00. The Balaban J connectivity index is 2.27. The predicted molar refractivity (Wildman–Crippen MR) is 82.7 cm³/mol. The van der Waals surface area contributed by atoms with Gasteiger partial charge in [0, 0.05) is 15.7 Å². The first-order valence-electron chi connectivity index (χ1n) is 5.79. The summed E-state index contributed by atoms with van der Waals surface area (Å²) in [4.78, 5) is 10.9.